The normalized spacial score (nSPS) is 10.0. The van der Waals surface area contributed by atoms with Crippen molar-refractivity contribution in [2.75, 3.05) is 18.6 Å². The Balaban J connectivity index is 2.14. The summed E-state index contributed by atoms with van der Waals surface area (Å²) < 4.78 is 9.94. The van der Waals surface area contributed by atoms with Gasteiger partial charge in [-0.3, -0.25) is 14.7 Å². The molecule has 6 heteroatoms. The van der Waals surface area contributed by atoms with Crippen molar-refractivity contribution in [3.05, 3.63) is 59.9 Å². The number of hydrogen-bond acceptors (Lipinski definition) is 5. The highest BCUT2D eigenvalue weighted by Crippen LogP contribution is 2.19. The van der Waals surface area contributed by atoms with E-state index in [-0.39, 0.29) is 13.2 Å². The van der Waals surface area contributed by atoms with E-state index in [4.69, 9.17) is 4.74 Å². The Kier molecular flexibility index (Phi) is 5.68. The topological polar surface area (TPSA) is 68.7 Å². The molecule has 0 saturated carbocycles. The summed E-state index contributed by atoms with van der Waals surface area (Å²) in [6.07, 6.45) is 0.986. The summed E-state index contributed by atoms with van der Waals surface area (Å²) in [4.78, 5) is 29.3. The van der Waals surface area contributed by atoms with Gasteiger partial charge in [0.15, 0.2) is 0 Å². The lowest BCUT2D eigenvalue weighted by Gasteiger charge is -2.22. The van der Waals surface area contributed by atoms with Crippen molar-refractivity contribution in [3.8, 4) is 0 Å². The van der Waals surface area contributed by atoms with Gasteiger partial charge in [-0.1, -0.05) is 30.3 Å². The van der Waals surface area contributed by atoms with Crippen molar-refractivity contribution < 1.29 is 19.1 Å². The molecule has 0 aliphatic heterocycles. The van der Waals surface area contributed by atoms with Crippen molar-refractivity contribution in [2.45, 2.75) is 13.5 Å². The Morgan fingerprint density at radius 2 is 1.87 bits per heavy atom. The number of amides is 1. The molecule has 0 bridgehead atoms. The molecule has 0 fully saturated rings. The minimum Gasteiger partial charge on any atom is -0.468 e. The second kappa shape index (κ2) is 7.93. The fourth-order valence-corrected chi connectivity index (χ4v) is 2.00. The quantitative estimate of drug-likeness (QED) is 0.794. The molecular formula is C17H18N2O4. The monoisotopic (exact) mass is 314 g/mol. The third-order valence-corrected chi connectivity index (χ3v) is 3.21. The molecule has 0 saturated heterocycles. The zero-order valence-corrected chi connectivity index (χ0v) is 13.1. The first-order chi connectivity index (χ1) is 11.1. The van der Waals surface area contributed by atoms with E-state index in [2.05, 4.69) is 9.72 Å². The van der Waals surface area contributed by atoms with Crippen LogP contribution in [0.3, 0.4) is 0 Å². The Morgan fingerprint density at radius 3 is 2.52 bits per heavy atom. The van der Waals surface area contributed by atoms with Gasteiger partial charge in [-0.25, -0.2) is 4.79 Å². The number of carbonyl (C=O) groups excluding carboxylic acids is 2. The number of hydrogen-bond donors (Lipinski definition) is 0. The van der Waals surface area contributed by atoms with Gasteiger partial charge >= 0.3 is 12.1 Å². The summed E-state index contributed by atoms with van der Waals surface area (Å²) in [5.41, 5.74) is 1.99. The molecule has 0 radical (unpaired) electrons. The van der Waals surface area contributed by atoms with Gasteiger partial charge in [-0.2, -0.15) is 0 Å². The SMILES string of the molecule is COC(=O)CN(C(=O)OCc1ccccc1)c1cccnc1C. The van der Waals surface area contributed by atoms with Crippen LogP contribution in [-0.2, 0) is 20.9 Å². The van der Waals surface area contributed by atoms with Crippen LogP contribution in [0.4, 0.5) is 10.5 Å². The van der Waals surface area contributed by atoms with Gasteiger partial charge in [0.2, 0.25) is 0 Å². The maximum absolute atomic E-state index is 12.4. The highest BCUT2D eigenvalue weighted by Gasteiger charge is 2.23. The Morgan fingerprint density at radius 1 is 1.13 bits per heavy atom. The molecule has 0 atom stereocenters. The lowest BCUT2D eigenvalue weighted by Crippen LogP contribution is -2.37. The summed E-state index contributed by atoms with van der Waals surface area (Å²) in [5, 5.41) is 0. The minimum absolute atomic E-state index is 0.122. The van der Waals surface area contributed by atoms with Crippen molar-refractivity contribution in [1.29, 1.82) is 0 Å². The number of nitrogens with zero attached hydrogens (tertiary/aromatic N) is 2. The highest BCUT2D eigenvalue weighted by molar-refractivity contribution is 5.93. The molecule has 0 N–H and O–H groups in total. The van der Waals surface area contributed by atoms with Gasteiger partial charge in [0, 0.05) is 6.20 Å². The van der Waals surface area contributed by atoms with E-state index in [0.29, 0.717) is 11.4 Å². The molecular weight excluding hydrogens is 296 g/mol. The fourth-order valence-electron chi connectivity index (χ4n) is 2.00. The van der Waals surface area contributed by atoms with Crippen LogP contribution in [0.1, 0.15) is 11.3 Å². The minimum atomic E-state index is -0.629. The number of benzene rings is 1. The van der Waals surface area contributed by atoms with Crippen LogP contribution >= 0.6 is 0 Å². The van der Waals surface area contributed by atoms with E-state index in [9.17, 15) is 9.59 Å². The summed E-state index contributed by atoms with van der Waals surface area (Å²) >= 11 is 0. The molecule has 0 aliphatic carbocycles. The maximum atomic E-state index is 12.4. The van der Waals surface area contributed by atoms with Crippen molar-refractivity contribution in [2.24, 2.45) is 0 Å². The van der Waals surface area contributed by atoms with Gasteiger partial charge in [-0.15, -0.1) is 0 Å². The average Bonchev–Trinajstić information content (AvgIpc) is 2.59. The molecule has 2 aromatic rings. The number of ether oxygens (including phenoxy) is 2. The van der Waals surface area contributed by atoms with Crippen LogP contribution in [0.15, 0.2) is 48.7 Å². The van der Waals surface area contributed by atoms with Gasteiger partial charge in [0.25, 0.3) is 0 Å². The van der Waals surface area contributed by atoms with Crippen LogP contribution in [0.2, 0.25) is 0 Å². The summed E-state index contributed by atoms with van der Waals surface area (Å²) in [6, 6.07) is 12.7. The third-order valence-electron chi connectivity index (χ3n) is 3.21. The number of aryl methyl sites for hydroxylation is 1. The zero-order chi connectivity index (χ0) is 16.7. The Hall–Kier alpha value is -2.89. The molecule has 0 spiro atoms. The first kappa shape index (κ1) is 16.5. The zero-order valence-electron chi connectivity index (χ0n) is 13.1. The molecule has 1 aromatic heterocycles. The number of esters is 1. The third kappa shape index (κ3) is 4.54. The predicted molar refractivity (Wildman–Crippen MR) is 85.0 cm³/mol. The molecule has 0 unspecified atom stereocenters. The predicted octanol–water partition coefficient (Wildman–Crippen LogP) is 2.71. The number of aromatic nitrogens is 1. The number of anilines is 1. The second-order valence-corrected chi connectivity index (χ2v) is 4.81. The molecule has 2 rings (SSSR count). The van der Waals surface area contributed by atoms with Gasteiger partial charge in [0.05, 0.1) is 18.5 Å². The van der Waals surface area contributed by atoms with E-state index in [0.717, 1.165) is 5.56 Å². The van der Waals surface area contributed by atoms with E-state index in [1.807, 2.05) is 30.3 Å². The summed E-state index contributed by atoms with van der Waals surface area (Å²) in [5.74, 6) is -0.537. The molecule has 23 heavy (non-hydrogen) atoms. The van der Waals surface area contributed by atoms with Crippen LogP contribution in [0.5, 0.6) is 0 Å². The smallest absolute Gasteiger partial charge is 0.415 e. The number of pyridine rings is 1. The van der Waals surface area contributed by atoms with E-state index >= 15 is 0 Å². The number of methoxy groups -OCH3 is 1. The van der Waals surface area contributed by atoms with E-state index < -0.39 is 12.1 Å². The Bertz CT molecular complexity index is 673. The lowest BCUT2D eigenvalue weighted by molar-refractivity contribution is -0.138. The molecule has 0 aliphatic rings. The maximum Gasteiger partial charge on any atom is 0.415 e. The van der Waals surface area contributed by atoms with Crippen LogP contribution < -0.4 is 4.90 Å². The van der Waals surface area contributed by atoms with Gasteiger partial charge in [0.1, 0.15) is 13.2 Å². The van der Waals surface area contributed by atoms with E-state index in [1.165, 1.54) is 12.0 Å². The molecule has 120 valence electrons. The average molecular weight is 314 g/mol. The largest absolute Gasteiger partial charge is 0.468 e. The lowest BCUT2D eigenvalue weighted by atomic mass is 10.2. The number of carbonyl (C=O) groups is 2. The van der Waals surface area contributed by atoms with Crippen LogP contribution in [0, 0.1) is 6.92 Å². The van der Waals surface area contributed by atoms with Crippen molar-refractivity contribution >= 4 is 17.7 Å². The first-order valence-electron chi connectivity index (χ1n) is 7.08. The highest BCUT2D eigenvalue weighted by atomic mass is 16.6. The first-order valence-corrected chi connectivity index (χ1v) is 7.08. The van der Waals surface area contributed by atoms with E-state index in [1.54, 1.807) is 25.3 Å². The number of rotatable bonds is 5. The fraction of sp³-hybridized carbons (Fsp3) is 0.235. The van der Waals surface area contributed by atoms with Crippen molar-refractivity contribution in [1.82, 2.24) is 4.98 Å². The molecule has 1 aromatic carbocycles. The van der Waals surface area contributed by atoms with Crippen molar-refractivity contribution in [3.63, 3.8) is 0 Å². The molecule has 1 heterocycles. The van der Waals surface area contributed by atoms with Crippen LogP contribution in [0.25, 0.3) is 0 Å². The summed E-state index contributed by atoms with van der Waals surface area (Å²) in [6.45, 7) is 1.64. The summed E-state index contributed by atoms with van der Waals surface area (Å²) in [7, 11) is 1.27. The van der Waals surface area contributed by atoms with Gasteiger partial charge in [-0.05, 0) is 24.6 Å². The second-order valence-electron chi connectivity index (χ2n) is 4.81. The standard InChI is InChI=1S/C17H18N2O4/c1-13-15(9-6-10-18-13)19(11-16(20)22-2)17(21)23-12-14-7-4-3-5-8-14/h3-10H,11-12H2,1-2H3. The Labute approximate surface area is 134 Å². The van der Waals surface area contributed by atoms with Gasteiger partial charge < -0.3 is 9.47 Å². The molecule has 1 amide bonds. The molecule has 6 nitrogen and oxygen atoms in total. The van der Waals surface area contributed by atoms with Crippen LogP contribution in [-0.4, -0.2) is 30.7 Å².